The third-order valence-electron chi connectivity index (χ3n) is 3.05. The van der Waals surface area contributed by atoms with Gasteiger partial charge in [0.15, 0.2) is 0 Å². The number of carbonyl (C=O) groups excluding carboxylic acids is 1. The molecular formula is C9H14F2N2O4S. The van der Waals surface area contributed by atoms with E-state index in [9.17, 15) is 22.0 Å². The van der Waals surface area contributed by atoms with Gasteiger partial charge in [-0.3, -0.25) is 0 Å². The summed E-state index contributed by atoms with van der Waals surface area (Å²) in [5, 5.41) is 0. The smallest absolute Gasteiger partial charge is 0.424 e. The van der Waals surface area contributed by atoms with Crippen molar-refractivity contribution in [3.63, 3.8) is 0 Å². The second kappa shape index (κ2) is 4.61. The van der Waals surface area contributed by atoms with E-state index in [2.05, 4.69) is 9.46 Å². The van der Waals surface area contributed by atoms with Gasteiger partial charge in [-0.05, 0) is 12.8 Å². The van der Waals surface area contributed by atoms with Gasteiger partial charge in [-0.2, -0.15) is 17.4 Å². The molecular weight excluding hydrogens is 270 g/mol. The van der Waals surface area contributed by atoms with Crippen molar-refractivity contribution in [1.29, 1.82) is 0 Å². The molecule has 0 aromatic heterocycles. The lowest BCUT2D eigenvalue weighted by atomic mass is 9.93. The maximum absolute atomic E-state index is 12.9. The number of amides is 1. The molecule has 2 aliphatic rings. The maximum atomic E-state index is 12.9. The highest BCUT2D eigenvalue weighted by Crippen LogP contribution is 2.33. The Morgan fingerprint density at radius 2 is 1.94 bits per heavy atom. The van der Waals surface area contributed by atoms with Crippen molar-refractivity contribution in [1.82, 2.24) is 9.03 Å². The average molecular weight is 284 g/mol. The number of hydrogen-bond acceptors (Lipinski definition) is 4. The molecule has 6 nitrogen and oxygen atoms in total. The zero-order chi connectivity index (χ0) is 13.4. The van der Waals surface area contributed by atoms with Crippen LogP contribution in [0.4, 0.5) is 13.6 Å². The van der Waals surface area contributed by atoms with Crippen LogP contribution < -0.4 is 4.72 Å². The van der Waals surface area contributed by atoms with E-state index in [1.54, 1.807) is 0 Å². The fraction of sp³-hybridized carbons (Fsp3) is 0.889. The van der Waals surface area contributed by atoms with Crippen LogP contribution in [0.1, 0.15) is 25.7 Å². The number of alkyl halides is 2. The van der Waals surface area contributed by atoms with E-state index in [0.29, 0.717) is 4.31 Å². The van der Waals surface area contributed by atoms with Crippen LogP contribution in [0.3, 0.4) is 0 Å². The van der Waals surface area contributed by atoms with Gasteiger partial charge in [-0.1, -0.05) is 0 Å². The lowest BCUT2D eigenvalue weighted by Crippen LogP contribution is -2.47. The number of nitrogens with zero attached hydrogens (tertiary/aromatic N) is 1. The molecule has 104 valence electrons. The fourth-order valence-corrected chi connectivity index (χ4v) is 3.38. The van der Waals surface area contributed by atoms with E-state index < -0.39 is 28.3 Å². The SMILES string of the molecule is O=C1OCCN1S(=O)(=O)NC1CCC(F)(F)CC1. The lowest BCUT2D eigenvalue weighted by Gasteiger charge is -2.29. The Bertz CT molecular complexity index is 430. The van der Waals surface area contributed by atoms with Crippen LogP contribution in [-0.4, -0.2) is 43.9 Å². The van der Waals surface area contributed by atoms with Gasteiger partial charge in [-0.25, -0.2) is 13.6 Å². The van der Waals surface area contributed by atoms with Gasteiger partial charge in [0.1, 0.15) is 6.61 Å². The largest absolute Gasteiger partial charge is 0.447 e. The summed E-state index contributed by atoms with van der Waals surface area (Å²) in [6, 6.07) is -0.553. The van der Waals surface area contributed by atoms with Crippen LogP contribution in [0.25, 0.3) is 0 Å². The van der Waals surface area contributed by atoms with Crippen molar-refractivity contribution in [2.75, 3.05) is 13.2 Å². The molecule has 1 heterocycles. The Labute approximate surface area is 103 Å². The molecule has 0 aromatic rings. The Hall–Kier alpha value is -0.960. The number of halogens is 2. The first-order valence-corrected chi connectivity index (χ1v) is 7.09. The molecule has 1 saturated heterocycles. The molecule has 0 aromatic carbocycles. The Balaban J connectivity index is 1.95. The summed E-state index contributed by atoms with van der Waals surface area (Å²) in [7, 11) is -3.98. The van der Waals surface area contributed by atoms with Crippen LogP contribution in [0, 0.1) is 0 Å². The number of hydrogen-bond donors (Lipinski definition) is 1. The van der Waals surface area contributed by atoms with Crippen molar-refractivity contribution in [2.24, 2.45) is 0 Å². The number of ether oxygens (including phenoxy) is 1. The van der Waals surface area contributed by atoms with Crippen molar-refractivity contribution in [3.8, 4) is 0 Å². The summed E-state index contributed by atoms with van der Waals surface area (Å²) in [5.41, 5.74) is 0. The zero-order valence-electron chi connectivity index (χ0n) is 9.56. The number of rotatable bonds is 3. The van der Waals surface area contributed by atoms with E-state index in [-0.39, 0.29) is 38.8 Å². The van der Waals surface area contributed by atoms with E-state index in [1.807, 2.05) is 0 Å². The summed E-state index contributed by atoms with van der Waals surface area (Å²) in [4.78, 5) is 11.1. The minimum Gasteiger partial charge on any atom is -0.447 e. The second-order valence-corrected chi connectivity index (χ2v) is 6.07. The molecule has 9 heteroatoms. The highest BCUT2D eigenvalue weighted by molar-refractivity contribution is 7.87. The third-order valence-corrected chi connectivity index (χ3v) is 4.59. The number of carbonyl (C=O) groups is 1. The summed E-state index contributed by atoms with van der Waals surface area (Å²) in [6.45, 7) is -0.0282. The van der Waals surface area contributed by atoms with Crippen molar-refractivity contribution >= 4 is 16.3 Å². The van der Waals surface area contributed by atoms with Gasteiger partial charge in [-0.15, -0.1) is 0 Å². The first-order valence-electron chi connectivity index (χ1n) is 5.65. The molecule has 0 atom stereocenters. The first-order chi connectivity index (χ1) is 8.30. The predicted octanol–water partition coefficient (Wildman–Crippen LogP) is 0.851. The Kier molecular flexibility index (Phi) is 3.45. The highest BCUT2D eigenvalue weighted by atomic mass is 32.2. The van der Waals surface area contributed by atoms with Crippen LogP contribution in [0.2, 0.25) is 0 Å². The van der Waals surface area contributed by atoms with E-state index >= 15 is 0 Å². The molecule has 1 N–H and O–H groups in total. The molecule has 0 radical (unpaired) electrons. The van der Waals surface area contributed by atoms with Crippen LogP contribution in [0.15, 0.2) is 0 Å². The molecule has 2 rings (SSSR count). The molecule has 0 unspecified atom stereocenters. The summed E-state index contributed by atoms with van der Waals surface area (Å²) >= 11 is 0. The van der Waals surface area contributed by atoms with Gasteiger partial charge in [0, 0.05) is 18.9 Å². The molecule has 0 spiro atoms. The molecule has 1 saturated carbocycles. The second-order valence-electron chi connectivity index (χ2n) is 4.44. The molecule has 1 aliphatic heterocycles. The normalized spacial score (nSPS) is 25.2. The topological polar surface area (TPSA) is 75.7 Å². The molecule has 1 aliphatic carbocycles. The minimum atomic E-state index is -3.98. The fourth-order valence-electron chi connectivity index (χ4n) is 2.03. The van der Waals surface area contributed by atoms with Crippen molar-refractivity contribution in [3.05, 3.63) is 0 Å². The van der Waals surface area contributed by atoms with Gasteiger partial charge in [0.25, 0.3) is 0 Å². The highest BCUT2D eigenvalue weighted by Gasteiger charge is 2.39. The molecule has 1 amide bonds. The van der Waals surface area contributed by atoms with E-state index in [1.165, 1.54) is 0 Å². The number of cyclic esters (lactones) is 1. The Morgan fingerprint density at radius 1 is 1.33 bits per heavy atom. The van der Waals surface area contributed by atoms with E-state index in [0.717, 1.165) is 0 Å². The van der Waals surface area contributed by atoms with Gasteiger partial charge in [0.2, 0.25) is 5.92 Å². The molecule has 18 heavy (non-hydrogen) atoms. The van der Waals surface area contributed by atoms with Crippen LogP contribution >= 0.6 is 0 Å². The minimum absolute atomic E-state index is 0.0164. The quantitative estimate of drug-likeness (QED) is 0.833. The summed E-state index contributed by atoms with van der Waals surface area (Å²) in [5.74, 6) is -2.71. The first kappa shape index (κ1) is 13.5. The Morgan fingerprint density at radius 3 is 2.44 bits per heavy atom. The summed E-state index contributed by atoms with van der Waals surface area (Å²) < 4.78 is 56.8. The zero-order valence-corrected chi connectivity index (χ0v) is 10.4. The molecule has 2 fully saturated rings. The van der Waals surface area contributed by atoms with Gasteiger partial charge < -0.3 is 4.74 Å². The van der Waals surface area contributed by atoms with Crippen molar-refractivity contribution in [2.45, 2.75) is 37.6 Å². The van der Waals surface area contributed by atoms with Gasteiger partial charge >= 0.3 is 16.3 Å². The maximum Gasteiger partial charge on any atom is 0.424 e. The number of nitrogens with one attached hydrogen (secondary N) is 1. The monoisotopic (exact) mass is 284 g/mol. The van der Waals surface area contributed by atoms with E-state index in [4.69, 9.17) is 0 Å². The van der Waals surface area contributed by atoms with Crippen LogP contribution in [-0.2, 0) is 14.9 Å². The summed E-state index contributed by atoms with van der Waals surface area (Å²) in [6.07, 6.45) is -1.48. The van der Waals surface area contributed by atoms with Crippen molar-refractivity contribution < 1.29 is 26.7 Å². The third kappa shape index (κ3) is 2.89. The molecule has 0 bridgehead atoms. The van der Waals surface area contributed by atoms with Gasteiger partial charge in [0.05, 0.1) is 6.54 Å². The average Bonchev–Trinajstić information content (AvgIpc) is 2.68. The lowest BCUT2D eigenvalue weighted by molar-refractivity contribution is -0.0388. The van der Waals surface area contributed by atoms with Crippen LogP contribution in [0.5, 0.6) is 0 Å². The standard InChI is InChI=1S/C9H14F2N2O4S/c10-9(11)3-1-7(2-4-9)12-18(15,16)13-5-6-17-8(13)14/h7,12H,1-6H2. The predicted molar refractivity (Wildman–Crippen MR) is 57.3 cm³/mol.